The minimum atomic E-state index is -0.0672. The Balaban J connectivity index is 2.00. The molecule has 0 aromatic carbocycles. The second kappa shape index (κ2) is 3.27. The highest BCUT2D eigenvalue weighted by Crippen LogP contribution is 2.51. The molecule has 0 N–H and O–H groups in total. The van der Waals surface area contributed by atoms with Gasteiger partial charge in [-0.05, 0) is 30.8 Å². The fourth-order valence-corrected chi connectivity index (χ4v) is 3.44. The van der Waals surface area contributed by atoms with Gasteiger partial charge in [0.25, 0.3) is 0 Å². The third kappa shape index (κ3) is 1.13. The molecule has 82 valence electrons. The molecule has 1 saturated carbocycles. The van der Waals surface area contributed by atoms with Crippen molar-refractivity contribution in [2.75, 3.05) is 0 Å². The maximum Gasteiger partial charge on any atom is 0.163 e. The van der Waals surface area contributed by atoms with Gasteiger partial charge in [-0.1, -0.05) is 18.2 Å². The Bertz CT molecular complexity index is 442. The van der Waals surface area contributed by atoms with Crippen LogP contribution in [0.4, 0.5) is 0 Å². The summed E-state index contributed by atoms with van der Waals surface area (Å²) >= 11 is 0. The van der Waals surface area contributed by atoms with Gasteiger partial charge in [-0.2, -0.15) is 0 Å². The number of carbonyl (C=O) groups is 2. The number of hydrogen-bond donors (Lipinski definition) is 0. The van der Waals surface area contributed by atoms with Crippen LogP contribution in [0.5, 0.6) is 0 Å². The van der Waals surface area contributed by atoms with E-state index in [1.165, 1.54) is 0 Å². The topological polar surface area (TPSA) is 34.1 Å². The Morgan fingerprint density at radius 2 is 1.94 bits per heavy atom. The summed E-state index contributed by atoms with van der Waals surface area (Å²) in [5.74, 6) is 0.825. The van der Waals surface area contributed by atoms with Crippen LogP contribution < -0.4 is 0 Å². The summed E-state index contributed by atoms with van der Waals surface area (Å²) < 4.78 is 0. The number of hydrogen-bond acceptors (Lipinski definition) is 2. The average Bonchev–Trinajstić information content (AvgIpc) is 2.85. The first kappa shape index (κ1) is 9.76. The molecule has 3 aliphatic rings. The van der Waals surface area contributed by atoms with Crippen LogP contribution in [-0.4, -0.2) is 11.6 Å². The summed E-state index contributed by atoms with van der Waals surface area (Å²) in [5.41, 5.74) is 0.655. The molecule has 4 atom stereocenters. The van der Waals surface area contributed by atoms with Crippen molar-refractivity contribution in [1.29, 1.82) is 0 Å². The Hall–Kier alpha value is -1.44. The summed E-state index contributed by atoms with van der Waals surface area (Å²) in [6, 6.07) is 0. The van der Waals surface area contributed by atoms with Crippen LogP contribution in [0.3, 0.4) is 0 Å². The van der Waals surface area contributed by atoms with Crippen LogP contribution in [0.15, 0.2) is 36.5 Å². The highest BCUT2D eigenvalue weighted by molar-refractivity contribution is 6.11. The molecular formula is C14H14O2. The molecule has 0 aromatic heterocycles. The lowest BCUT2D eigenvalue weighted by atomic mass is 9.72. The van der Waals surface area contributed by atoms with E-state index in [2.05, 4.69) is 18.7 Å². The van der Waals surface area contributed by atoms with Crippen molar-refractivity contribution < 1.29 is 9.59 Å². The van der Waals surface area contributed by atoms with Crippen molar-refractivity contribution in [3.63, 3.8) is 0 Å². The molecular weight excluding hydrogens is 200 g/mol. The summed E-state index contributed by atoms with van der Waals surface area (Å²) in [6.45, 7) is 3.63. The number of fused-ring (bicyclic) bond motifs is 5. The molecule has 3 aliphatic carbocycles. The third-order valence-electron chi connectivity index (χ3n) is 4.09. The molecule has 0 aliphatic heterocycles. The zero-order valence-electron chi connectivity index (χ0n) is 9.06. The second-order valence-corrected chi connectivity index (χ2v) is 4.93. The van der Waals surface area contributed by atoms with Gasteiger partial charge in [0.05, 0.1) is 0 Å². The van der Waals surface area contributed by atoms with Gasteiger partial charge >= 0.3 is 0 Å². The zero-order valence-corrected chi connectivity index (χ0v) is 9.06. The highest BCUT2D eigenvalue weighted by atomic mass is 16.1. The van der Waals surface area contributed by atoms with Crippen molar-refractivity contribution in [1.82, 2.24) is 0 Å². The molecule has 2 nitrogen and oxygen atoms in total. The molecule has 3 rings (SSSR count). The smallest absolute Gasteiger partial charge is 0.163 e. The van der Waals surface area contributed by atoms with E-state index in [1.807, 2.05) is 0 Å². The number of rotatable bonds is 2. The molecule has 0 radical (unpaired) electrons. The predicted molar refractivity (Wildman–Crippen MR) is 60.6 cm³/mol. The molecule has 0 unspecified atom stereocenters. The van der Waals surface area contributed by atoms with Crippen molar-refractivity contribution in [3.8, 4) is 0 Å². The largest absolute Gasteiger partial charge is 0.294 e. The first-order chi connectivity index (χ1) is 7.72. The Labute approximate surface area is 94.7 Å². The van der Waals surface area contributed by atoms with E-state index < -0.39 is 0 Å². The molecule has 16 heavy (non-hydrogen) atoms. The van der Waals surface area contributed by atoms with Gasteiger partial charge < -0.3 is 0 Å². The van der Waals surface area contributed by atoms with Gasteiger partial charge in [0.1, 0.15) is 0 Å². The molecule has 2 heteroatoms. The fourth-order valence-electron chi connectivity index (χ4n) is 3.44. The molecule has 1 fully saturated rings. The van der Waals surface area contributed by atoms with Crippen molar-refractivity contribution in [3.05, 3.63) is 36.5 Å². The monoisotopic (exact) mass is 214 g/mol. The average molecular weight is 214 g/mol. The molecule has 0 saturated heterocycles. The minimum absolute atomic E-state index is 0.0592. The highest BCUT2D eigenvalue weighted by Gasteiger charge is 2.52. The Morgan fingerprint density at radius 3 is 2.62 bits per heavy atom. The molecule has 0 aromatic rings. The maximum atomic E-state index is 12.2. The van der Waals surface area contributed by atoms with E-state index in [0.717, 1.165) is 6.42 Å². The quantitative estimate of drug-likeness (QED) is 0.659. The molecule has 2 bridgehead atoms. The van der Waals surface area contributed by atoms with Gasteiger partial charge in [-0.15, -0.1) is 6.58 Å². The SMILES string of the molecule is C=CCC1=CC(=O)[C@@H]2[C@H](C1=O)[C@@H]1C=C[C@H]2C1. The van der Waals surface area contributed by atoms with Gasteiger partial charge in [0, 0.05) is 17.4 Å². The molecule has 0 heterocycles. The van der Waals surface area contributed by atoms with E-state index in [0.29, 0.717) is 23.8 Å². The lowest BCUT2D eigenvalue weighted by molar-refractivity contribution is -0.130. The number of allylic oxidation sites excluding steroid dienone is 5. The first-order valence-electron chi connectivity index (χ1n) is 5.80. The Morgan fingerprint density at radius 1 is 1.25 bits per heavy atom. The van der Waals surface area contributed by atoms with E-state index in [1.54, 1.807) is 12.2 Å². The van der Waals surface area contributed by atoms with E-state index >= 15 is 0 Å². The third-order valence-corrected chi connectivity index (χ3v) is 4.09. The second-order valence-electron chi connectivity index (χ2n) is 4.93. The van der Waals surface area contributed by atoms with Crippen LogP contribution in [-0.2, 0) is 9.59 Å². The van der Waals surface area contributed by atoms with Gasteiger partial charge in [0.15, 0.2) is 11.6 Å². The van der Waals surface area contributed by atoms with Crippen LogP contribution >= 0.6 is 0 Å². The van der Waals surface area contributed by atoms with Gasteiger partial charge in [-0.25, -0.2) is 0 Å². The number of carbonyl (C=O) groups excluding carboxylic acids is 2. The molecule has 0 spiro atoms. The summed E-state index contributed by atoms with van der Waals surface area (Å²) in [6.07, 6.45) is 8.99. The van der Waals surface area contributed by atoms with Gasteiger partial charge in [0.2, 0.25) is 0 Å². The number of ketones is 2. The van der Waals surface area contributed by atoms with Crippen LogP contribution in [0, 0.1) is 23.7 Å². The lowest BCUT2D eigenvalue weighted by Gasteiger charge is -2.29. The van der Waals surface area contributed by atoms with Gasteiger partial charge in [-0.3, -0.25) is 9.59 Å². The maximum absolute atomic E-state index is 12.2. The standard InChI is InChI=1S/C14H14O2/c1-2-3-10-7-11(15)12-8-4-5-9(6-8)13(12)14(10)16/h2,4-5,7-9,12-13H,1,3,6H2/t8-,9+,12+,13+/m0/s1. The fraction of sp³-hybridized carbons (Fsp3) is 0.429. The first-order valence-corrected chi connectivity index (χ1v) is 5.80. The zero-order chi connectivity index (χ0) is 11.3. The minimum Gasteiger partial charge on any atom is -0.294 e. The predicted octanol–water partition coefficient (Wildman–Crippen LogP) is 2.08. The van der Waals surface area contributed by atoms with Crippen LogP contribution in [0.25, 0.3) is 0 Å². The van der Waals surface area contributed by atoms with E-state index in [4.69, 9.17) is 0 Å². The van der Waals surface area contributed by atoms with E-state index in [9.17, 15) is 9.59 Å². The van der Waals surface area contributed by atoms with Crippen LogP contribution in [0.2, 0.25) is 0 Å². The summed E-state index contributed by atoms with van der Waals surface area (Å²) in [7, 11) is 0. The number of Topliss-reactive ketones (excluding diaryl/α,β-unsaturated/α-hetero) is 1. The van der Waals surface area contributed by atoms with Crippen molar-refractivity contribution in [2.24, 2.45) is 23.7 Å². The van der Waals surface area contributed by atoms with Crippen LogP contribution in [0.1, 0.15) is 12.8 Å². The molecule has 0 amide bonds. The van der Waals surface area contributed by atoms with Crippen molar-refractivity contribution in [2.45, 2.75) is 12.8 Å². The van der Waals surface area contributed by atoms with E-state index in [-0.39, 0.29) is 23.4 Å². The Kier molecular flexibility index (Phi) is 2.00. The summed E-state index contributed by atoms with van der Waals surface area (Å²) in [4.78, 5) is 24.2. The normalized spacial score (nSPS) is 39.9. The summed E-state index contributed by atoms with van der Waals surface area (Å²) in [5, 5.41) is 0. The lowest BCUT2D eigenvalue weighted by Crippen LogP contribution is -2.37. The van der Waals surface area contributed by atoms with Crippen molar-refractivity contribution >= 4 is 11.6 Å².